The van der Waals surface area contributed by atoms with E-state index in [1.54, 1.807) is 11.9 Å². The summed E-state index contributed by atoms with van der Waals surface area (Å²) in [6, 6.07) is 7.27. The summed E-state index contributed by atoms with van der Waals surface area (Å²) in [5.41, 5.74) is 1.06. The number of nitrogens with one attached hydrogen (secondary N) is 1. The summed E-state index contributed by atoms with van der Waals surface area (Å²) in [6.07, 6.45) is -0.0890. The number of amides is 1. The van der Waals surface area contributed by atoms with Gasteiger partial charge in [0, 0.05) is 25.2 Å². The number of benzene rings is 1. The second kappa shape index (κ2) is 7.84. The second-order valence-corrected chi connectivity index (χ2v) is 5.26. The first-order chi connectivity index (χ1) is 9.08. The van der Waals surface area contributed by atoms with Gasteiger partial charge in [0.15, 0.2) is 0 Å². The first-order valence-corrected chi connectivity index (χ1v) is 6.80. The van der Waals surface area contributed by atoms with Crippen LogP contribution in [0.2, 0.25) is 5.02 Å². The minimum atomic E-state index is -0.258. The molecule has 1 aromatic rings. The molecule has 20 heavy (non-hydrogen) atoms. The van der Waals surface area contributed by atoms with E-state index in [1.807, 2.05) is 31.2 Å². The summed E-state index contributed by atoms with van der Waals surface area (Å²) in [7, 11) is 1.81. The normalized spacial score (nSPS) is 21.9. The Balaban J connectivity index is 0.00000200. The van der Waals surface area contributed by atoms with Crippen molar-refractivity contribution in [3.63, 3.8) is 0 Å². The largest absolute Gasteiger partial charge is 0.375 e. The summed E-state index contributed by atoms with van der Waals surface area (Å²) in [4.78, 5) is 14.1. The highest BCUT2D eigenvalue weighted by atomic mass is 35.5. The van der Waals surface area contributed by atoms with E-state index < -0.39 is 0 Å². The van der Waals surface area contributed by atoms with Gasteiger partial charge in [-0.15, -0.1) is 12.4 Å². The van der Waals surface area contributed by atoms with Crippen molar-refractivity contribution in [3.8, 4) is 0 Å². The Kier molecular flexibility index (Phi) is 6.76. The van der Waals surface area contributed by atoms with Gasteiger partial charge in [-0.2, -0.15) is 0 Å². The van der Waals surface area contributed by atoms with Crippen LogP contribution in [0.5, 0.6) is 0 Å². The molecule has 4 nitrogen and oxygen atoms in total. The van der Waals surface area contributed by atoms with Crippen LogP contribution >= 0.6 is 24.0 Å². The molecule has 112 valence electrons. The minimum Gasteiger partial charge on any atom is -0.375 e. The molecule has 0 unspecified atom stereocenters. The van der Waals surface area contributed by atoms with Crippen LogP contribution in [0.25, 0.3) is 0 Å². The number of likely N-dealkylation sites (N-methyl/N-ethyl adjacent to an activating group) is 1. The van der Waals surface area contributed by atoms with E-state index in [2.05, 4.69) is 5.32 Å². The fourth-order valence-electron chi connectivity index (χ4n) is 2.19. The maximum Gasteiger partial charge on any atom is 0.242 e. The van der Waals surface area contributed by atoms with Gasteiger partial charge in [0.1, 0.15) is 6.04 Å². The topological polar surface area (TPSA) is 41.6 Å². The lowest BCUT2D eigenvalue weighted by Gasteiger charge is -2.32. The first kappa shape index (κ1) is 17.2. The SMILES string of the molecule is C[C@H]1OCCN[C@@H]1C(=O)N(C)Cc1ccc(Cl)cc1.Cl. The predicted molar refractivity (Wildman–Crippen MR) is 82.4 cm³/mol. The standard InChI is InChI=1S/C14H19ClN2O2.ClH/c1-10-13(16-7-8-19-10)14(18)17(2)9-11-3-5-12(15)6-4-11;/h3-6,10,13,16H,7-9H2,1-2H3;1H/t10-,13+;/m1./s1. The third-order valence-corrected chi connectivity index (χ3v) is 3.54. The van der Waals surface area contributed by atoms with Crippen LogP contribution < -0.4 is 5.32 Å². The van der Waals surface area contributed by atoms with Crippen molar-refractivity contribution in [1.29, 1.82) is 0 Å². The van der Waals surface area contributed by atoms with Crippen molar-refractivity contribution in [2.45, 2.75) is 25.6 Å². The van der Waals surface area contributed by atoms with Gasteiger partial charge in [0.25, 0.3) is 0 Å². The van der Waals surface area contributed by atoms with Crippen LogP contribution in [0.1, 0.15) is 12.5 Å². The van der Waals surface area contributed by atoms with Crippen LogP contribution in [0.4, 0.5) is 0 Å². The highest BCUT2D eigenvalue weighted by Crippen LogP contribution is 2.13. The minimum absolute atomic E-state index is 0. The molecule has 6 heteroatoms. The lowest BCUT2D eigenvalue weighted by atomic mass is 10.1. The Hall–Kier alpha value is -0.810. The molecule has 1 aromatic carbocycles. The van der Waals surface area contributed by atoms with E-state index in [1.165, 1.54) is 0 Å². The summed E-state index contributed by atoms with van der Waals surface area (Å²) in [5.74, 6) is 0.0575. The number of hydrogen-bond donors (Lipinski definition) is 1. The first-order valence-electron chi connectivity index (χ1n) is 6.42. The van der Waals surface area contributed by atoms with Gasteiger partial charge in [0.05, 0.1) is 12.7 Å². The van der Waals surface area contributed by atoms with Gasteiger partial charge in [-0.1, -0.05) is 23.7 Å². The van der Waals surface area contributed by atoms with E-state index in [0.29, 0.717) is 18.2 Å². The molecule has 2 rings (SSSR count). The third kappa shape index (κ3) is 4.35. The Morgan fingerprint density at radius 2 is 2.10 bits per heavy atom. The van der Waals surface area contributed by atoms with E-state index in [0.717, 1.165) is 12.1 Å². The van der Waals surface area contributed by atoms with E-state index in [9.17, 15) is 4.79 Å². The van der Waals surface area contributed by atoms with E-state index >= 15 is 0 Å². The molecule has 1 aliphatic rings. The molecular weight excluding hydrogens is 299 g/mol. The number of morpholine rings is 1. The van der Waals surface area contributed by atoms with Crippen molar-refractivity contribution in [2.24, 2.45) is 0 Å². The molecule has 0 spiro atoms. The van der Waals surface area contributed by atoms with Gasteiger partial charge < -0.3 is 15.0 Å². The molecule has 0 aliphatic carbocycles. The third-order valence-electron chi connectivity index (χ3n) is 3.29. The zero-order chi connectivity index (χ0) is 13.8. The van der Waals surface area contributed by atoms with Crippen molar-refractivity contribution in [1.82, 2.24) is 10.2 Å². The predicted octanol–water partition coefficient (Wildman–Crippen LogP) is 2.10. The molecule has 0 bridgehead atoms. The van der Waals surface area contributed by atoms with Gasteiger partial charge in [-0.05, 0) is 24.6 Å². The van der Waals surface area contributed by atoms with E-state index in [4.69, 9.17) is 16.3 Å². The molecular formula is C14H20Cl2N2O2. The number of carbonyl (C=O) groups excluding carboxylic acids is 1. The Labute approximate surface area is 130 Å². The van der Waals surface area contributed by atoms with Gasteiger partial charge in [-0.3, -0.25) is 4.79 Å². The molecule has 1 aliphatic heterocycles. The molecule has 1 fully saturated rings. The van der Waals surface area contributed by atoms with Crippen molar-refractivity contribution in [2.75, 3.05) is 20.2 Å². The van der Waals surface area contributed by atoms with Gasteiger partial charge in [-0.25, -0.2) is 0 Å². The van der Waals surface area contributed by atoms with Gasteiger partial charge >= 0.3 is 0 Å². The number of halogens is 2. The molecule has 2 atom stereocenters. The van der Waals surface area contributed by atoms with Crippen LogP contribution in [0, 0.1) is 0 Å². The highest BCUT2D eigenvalue weighted by Gasteiger charge is 2.30. The molecule has 0 saturated carbocycles. The molecule has 1 amide bonds. The average molecular weight is 319 g/mol. The molecule has 1 N–H and O–H groups in total. The lowest BCUT2D eigenvalue weighted by Crippen LogP contribution is -2.55. The number of nitrogens with zero attached hydrogens (tertiary/aromatic N) is 1. The summed E-state index contributed by atoms with van der Waals surface area (Å²) >= 11 is 5.84. The monoisotopic (exact) mass is 318 g/mol. The Bertz CT molecular complexity index is 439. The van der Waals surface area contributed by atoms with Crippen molar-refractivity contribution < 1.29 is 9.53 Å². The fourth-order valence-corrected chi connectivity index (χ4v) is 2.31. The molecule has 0 aromatic heterocycles. The summed E-state index contributed by atoms with van der Waals surface area (Å²) in [5, 5.41) is 3.91. The van der Waals surface area contributed by atoms with E-state index in [-0.39, 0.29) is 30.5 Å². The van der Waals surface area contributed by atoms with Crippen LogP contribution in [0.15, 0.2) is 24.3 Å². The summed E-state index contributed by atoms with van der Waals surface area (Å²) < 4.78 is 5.50. The smallest absolute Gasteiger partial charge is 0.242 e. The highest BCUT2D eigenvalue weighted by molar-refractivity contribution is 6.30. The number of rotatable bonds is 3. The average Bonchev–Trinajstić information content (AvgIpc) is 2.41. The zero-order valence-electron chi connectivity index (χ0n) is 11.6. The maximum atomic E-state index is 12.3. The number of carbonyl (C=O) groups is 1. The van der Waals surface area contributed by atoms with Crippen LogP contribution in [-0.4, -0.2) is 43.2 Å². The maximum absolute atomic E-state index is 12.3. The Morgan fingerprint density at radius 1 is 1.45 bits per heavy atom. The molecule has 0 radical (unpaired) electrons. The zero-order valence-corrected chi connectivity index (χ0v) is 13.2. The second-order valence-electron chi connectivity index (χ2n) is 4.83. The quantitative estimate of drug-likeness (QED) is 0.928. The van der Waals surface area contributed by atoms with Crippen LogP contribution in [0.3, 0.4) is 0 Å². The van der Waals surface area contributed by atoms with Crippen LogP contribution in [-0.2, 0) is 16.1 Å². The Morgan fingerprint density at radius 3 is 2.70 bits per heavy atom. The van der Waals surface area contributed by atoms with Gasteiger partial charge in [0.2, 0.25) is 5.91 Å². The van der Waals surface area contributed by atoms with Crippen molar-refractivity contribution in [3.05, 3.63) is 34.9 Å². The number of hydrogen-bond acceptors (Lipinski definition) is 3. The molecule has 1 heterocycles. The van der Waals surface area contributed by atoms with Crippen molar-refractivity contribution >= 4 is 29.9 Å². The number of ether oxygens (including phenoxy) is 1. The lowest BCUT2D eigenvalue weighted by molar-refractivity contribution is -0.138. The summed E-state index contributed by atoms with van der Waals surface area (Å²) in [6.45, 7) is 3.87. The fraction of sp³-hybridized carbons (Fsp3) is 0.500. The molecule has 1 saturated heterocycles.